The van der Waals surface area contributed by atoms with E-state index >= 15 is 0 Å². The molecule has 2 rings (SSSR count). The van der Waals surface area contributed by atoms with Crippen LogP contribution in [0.3, 0.4) is 0 Å². The highest BCUT2D eigenvalue weighted by molar-refractivity contribution is 6.31. The van der Waals surface area contributed by atoms with Crippen LogP contribution in [0, 0.1) is 11.7 Å². The van der Waals surface area contributed by atoms with E-state index in [0.29, 0.717) is 16.5 Å². The molecule has 0 aliphatic heterocycles. The van der Waals surface area contributed by atoms with Crippen LogP contribution < -0.4 is 0 Å². The molecule has 0 unspecified atom stereocenters. The van der Waals surface area contributed by atoms with Crippen molar-refractivity contribution in [2.24, 2.45) is 5.92 Å². The van der Waals surface area contributed by atoms with E-state index in [4.69, 9.17) is 11.6 Å². The Morgan fingerprint density at radius 2 is 1.95 bits per heavy atom. The molecule has 0 N–H and O–H groups in total. The van der Waals surface area contributed by atoms with Crippen LogP contribution in [0.15, 0.2) is 42.5 Å². The number of halogens is 2. The van der Waals surface area contributed by atoms with Crippen molar-refractivity contribution in [3.05, 3.63) is 70.0 Å². The van der Waals surface area contributed by atoms with Crippen molar-refractivity contribution in [2.75, 3.05) is 0 Å². The van der Waals surface area contributed by atoms with E-state index in [2.05, 4.69) is 13.8 Å². The molecule has 0 bridgehead atoms. The largest absolute Gasteiger partial charge is 0.288 e. The smallest absolute Gasteiger partial charge is 0.196 e. The summed E-state index contributed by atoms with van der Waals surface area (Å²) in [6.45, 7) is 4.23. The van der Waals surface area contributed by atoms with Crippen LogP contribution in [0.4, 0.5) is 4.39 Å². The van der Waals surface area contributed by atoms with Crippen LogP contribution in [0.25, 0.3) is 0 Å². The summed E-state index contributed by atoms with van der Waals surface area (Å²) >= 11 is 5.83. The molecule has 2 aromatic rings. The second kappa shape index (κ2) is 6.19. The van der Waals surface area contributed by atoms with Crippen LogP contribution in [-0.4, -0.2) is 5.78 Å². The summed E-state index contributed by atoms with van der Waals surface area (Å²) in [4.78, 5) is 12.4. The Kier molecular flexibility index (Phi) is 4.56. The number of hydrogen-bond acceptors (Lipinski definition) is 1. The van der Waals surface area contributed by atoms with Gasteiger partial charge in [0, 0.05) is 10.6 Å². The first-order valence-electron chi connectivity index (χ1n) is 6.56. The predicted octanol–water partition coefficient (Wildman–Crippen LogP) is 4.91. The van der Waals surface area contributed by atoms with Crippen LogP contribution >= 0.6 is 11.6 Å². The third-order valence-electron chi connectivity index (χ3n) is 3.01. The fraction of sp³-hybridized carbons (Fsp3) is 0.235. The van der Waals surface area contributed by atoms with E-state index in [1.165, 1.54) is 18.2 Å². The van der Waals surface area contributed by atoms with Crippen molar-refractivity contribution >= 4 is 17.4 Å². The summed E-state index contributed by atoms with van der Waals surface area (Å²) in [5, 5.41) is 0.355. The van der Waals surface area contributed by atoms with E-state index in [9.17, 15) is 9.18 Å². The Balaban J connectivity index is 2.35. The van der Waals surface area contributed by atoms with Gasteiger partial charge in [-0.1, -0.05) is 43.6 Å². The van der Waals surface area contributed by atoms with Crippen molar-refractivity contribution in [3.63, 3.8) is 0 Å². The number of carbonyl (C=O) groups is 1. The molecule has 20 heavy (non-hydrogen) atoms. The molecule has 0 fully saturated rings. The summed E-state index contributed by atoms with van der Waals surface area (Å²) in [6.07, 6.45) is 0.888. The van der Waals surface area contributed by atoms with Gasteiger partial charge < -0.3 is 0 Å². The Bertz CT molecular complexity index is 635. The fourth-order valence-electron chi connectivity index (χ4n) is 2.14. The van der Waals surface area contributed by atoms with Gasteiger partial charge in [-0.2, -0.15) is 0 Å². The van der Waals surface area contributed by atoms with Gasteiger partial charge >= 0.3 is 0 Å². The van der Waals surface area contributed by atoms with Gasteiger partial charge in [-0.3, -0.25) is 4.79 Å². The fourth-order valence-corrected chi connectivity index (χ4v) is 2.31. The van der Waals surface area contributed by atoms with Crippen LogP contribution in [0.1, 0.15) is 35.3 Å². The molecule has 0 radical (unpaired) electrons. The molecule has 0 spiro atoms. The second-order valence-corrected chi connectivity index (χ2v) is 5.69. The number of rotatable bonds is 4. The molecule has 0 saturated heterocycles. The average molecular weight is 291 g/mol. The Morgan fingerprint density at radius 1 is 1.20 bits per heavy atom. The number of ketones is 1. The molecule has 104 valence electrons. The van der Waals surface area contributed by atoms with Crippen LogP contribution in [-0.2, 0) is 6.42 Å². The Morgan fingerprint density at radius 3 is 2.65 bits per heavy atom. The molecule has 0 aliphatic rings. The molecule has 1 nitrogen and oxygen atoms in total. The maximum Gasteiger partial charge on any atom is 0.196 e. The lowest BCUT2D eigenvalue weighted by Crippen LogP contribution is -2.05. The minimum absolute atomic E-state index is 0.0131. The van der Waals surface area contributed by atoms with Crippen molar-refractivity contribution < 1.29 is 9.18 Å². The van der Waals surface area contributed by atoms with E-state index in [0.717, 1.165) is 12.0 Å². The lowest BCUT2D eigenvalue weighted by molar-refractivity contribution is 0.103. The first kappa shape index (κ1) is 14.7. The molecule has 3 heteroatoms. The van der Waals surface area contributed by atoms with E-state index in [-0.39, 0.29) is 11.3 Å². The van der Waals surface area contributed by atoms with Gasteiger partial charge in [0.15, 0.2) is 5.78 Å². The summed E-state index contributed by atoms with van der Waals surface area (Å²) < 4.78 is 13.7. The SMILES string of the molecule is CC(C)Cc1cccc(C(=O)c2cc(Cl)ccc2F)c1. The third kappa shape index (κ3) is 3.45. The minimum Gasteiger partial charge on any atom is -0.288 e. The van der Waals surface area contributed by atoms with Gasteiger partial charge in [0.05, 0.1) is 5.56 Å². The number of benzene rings is 2. The van der Waals surface area contributed by atoms with E-state index < -0.39 is 5.82 Å². The van der Waals surface area contributed by atoms with E-state index in [1.54, 1.807) is 6.07 Å². The van der Waals surface area contributed by atoms with Gasteiger partial charge in [0.25, 0.3) is 0 Å². The summed E-state index contributed by atoms with van der Waals surface area (Å²) in [6, 6.07) is 11.3. The predicted molar refractivity (Wildman–Crippen MR) is 79.8 cm³/mol. The quantitative estimate of drug-likeness (QED) is 0.731. The molecular formula is C17H16ClFO. The monoisotopic (exact) mass is 290 g/mol. The van der Waals surface area contributed by atoms with Crippen LogP contribution in [0.5, 0.6) is 0 Å². The highest BCUT2D eigenvalue weighted by Crippen LogP contribution is 2.19. The normalized spacial score (nSPS) is 10.8. The molecule has 0 saturated carbocycles. The molecule has 2 aromatic carbocycles. The molecule has 0 aliphatic carbocycles. The standard InChI is InChI=1S/C17H16ClFO/c1-11(2)8-12-4-3-5-13(9-12)17(20)15-10-14(18)6-7-16(15)19/h3-7,9-11H,8H2,1-2H3. The lowest BCUT2D eigenvalue weighted by Gasteiger charge is -2.08. The first-order chi connectivity index (χ1) is 9.47. The third-order valence-corrected chi connectivity index (χ3v) is 3.24. The number of carbonyl (C=O) groups excluding carboxylic acids is 1. The zero-order valence-electron chi connectivity index (χ0n) is 11.5. The summed E-state index contributed by atoms with van der Waals surface area (Å²) in [5.41, 5.74) is 1.58. The van der Waals surface area contributed by atoms with Gasteiger partial charge in [0.2, 0.25) is 0 Å². The Hall–Kier alpha value is -1.67. The Labute approximate surface area is 123 Å². The maximum atomic E-state index is 13.7. The van der Waals surface area contributed by atoms with Crippen molar-refractivity contribution in [1.82, 2.24) is 0 Å². The van der Waals surface area contributed by atoms with E-state index in [1.807, 2.05) is 18.2 Å². The zero-order chi connectivity index (χ0) is 14.7. The minimum atomic E-state index is -0.548. The first-order valence-corrected chi connectivity index (χ1v) is 6.94. The van der Waals surface area contributed by atoms with Gasteiger partial charge in [-0.05, 0) is 42.2 Å². The summed E-state index contributed by atoms with van der Waals surface area (Å²) in [5.74, 6) is -0.382. The zero-order valence-corrected chi connectivity index (χ0v) is 12.2. The molecule has 0 amide bonds. The molecule has 0 heterocycles. The van der Waals surface area contributed by atoms with Crippen molar-refractivity contribution in [2.45, 2.75) is 20.3 Å². The highest BCUT2D eigenvalue weighted by Gasteiger charge is 2.15. The van der Waals surface area contributed by atoms with Gasteiger partial charge in [-0.15, -0.1) is 0 Å². The second-order valence-electron chi connectivity index (χ2n) is 5.25. The molecular weight excluding hydrogens is 275 g/mol. The lowest BCUT2D eigenvalue weighted by atomic mass is 9.97. The summed E-state index contributed by atoms with van der Waals surface area (Å²) in [7, 11) is 0. The average Bonchev–Trinajstić information content (AvgIpc) is 2.40. The van der Waals surface area contributed by atoms with Crippen molar-refractivity contribution in [3.8, 4) is 0 Å². The number of hydrogen-bond donors (Lipinski definition) is 0. The van der Waals surface area contributed by atoms with Crippen LogP contribution in [0.2, 0.25) is 5.02 Å². The van der Waals surface area contributed by atoms with Crippen molar-refractivity contribution in [1.29, 1.82) is 0 Å². The van der Waals surface area contributed by atoms with Gasteiger partial charge in [-0.25, -0.2) is 4.39 Å². The molecule has 0 aromatic heterocycles. The maximum absolute atomic E-state index is 13.7. The topological polar surface area (TPSA) is 17.1 Å². The molecule has 0 atom stereocenters. The van der Waals surface area contributed by atoms with Gasteiger partial charge in [0.1, 0.15) is 5.82 Å². The highest BCUT2D eigenvalue weighted by atomic mass is 35.5.